The summed E-state index contributed by atoms with van der Waals surface area (Å²) in [5.74, 6) is 0.00157. The number of Topliss-reactive ketones (excluding diaryl/α,β-unsaturated/α-hetero) is 1. The van der Waals surface area contributed by atoms with Crippen molar-refractivity contribution in [3.05, 3.63) is 64.9 Å². The van der Waals surface area contributed by atoms with Crippen LogP contribution in [0.3, 0.4) is 0 Å². The van der Waals surface area contributed by atoms with E-state index in [1.54, 1.807) is 16.9 Å². The van der Waals surface area contributed by atoms with Crippen molar-refractivity contribution in [1.29, 1.82) is 0 Å². The molecule has 0 spiro atoms. The van der Waals surface area contributed by atoms with E-state index in [1.807, 2.05) is 37.8 Å². The molecule has 2 atom stereocenters. The van der Waals surface area contributed by atoms with Crippen LogP contribution in [0.2, 0.25) is 0 Å². The minimum absolute atomic E-state index is 0.00861. The van der Waals surface area contributed by atoms with E-state index in [4.69, 9.17) is 15.6 Å². The van der Waals surface area contributed by atoms with Crippen LogP contribution in [-0.4, -0.2) is 30.3 Å². The molecule has 4 heterocycles. The number of carbonyl (C=O) groups is 1. The van der Waals surface area contributed by atoms with E-state index in [2.05, 4.69) is 10.1 Å². The second kappa shape index (κ2) is 7.24. The van der Waals surface area contributed by atoms with Crippen molar-refractivity contribution in [2.75, 3.05) is 5.73 Å². The number of carbonyl (C=O) groups excluding carboxylic acids is 1. The van der Waals surface area contributed by atoms with Gasteiger partial charge in [0.15, 0.2) is 17.4 Å². The highest BCUT2D eigenvalue weighted by molar-refractivity contribution is 6.02. The zero-order valence-corrected chi connectivity index (χ0v) is 19.0. The summed E-state index contributed by atoms with van der Waals surface area (Å²) in [4.78, 5) is 17.5. The number of halogens is 1. The Bertz CT molecular complexity index is 1490. The van der Waals surface area contributed by atoms with Gasteiger partial charge in [-0.15, -0.1) is 0 Å². The van der Waals surface area contributed by atoms with Gasteiger partial charge in [-0.3, -0.25) is 14.2 Å². The number of rotatable bonds is 1. The Hall–Kier alpha value is -4.01. The number of hydrogen-bond acceptors (Lipinski definition) is 6. The van der Waals surface area contributed by atoms with E-state index in [-0.39, 0.29) is 23.3 Å². The molecule has 0 amide bonds. The predicted molar refractivity (Wildman–Crippen MR) is 124 cm³/mol. The van der Waals surface area contributed by atoms with Gasteiger partial charge in [0.25, 0.3) is 0 Å². The van der Waals surface area contributed by atoms with Crippen molar-refractivity contribution in [2.24, 2.45) is 7.05 Å². The molecule has 9 heteroatoms. The van der Waals surface area contributed by atoms with Gasteiger partial charge in [-0.2, -0.15) is 10.2 Å². The average Bonchev–Trinajstić information content (AvgIpc) is 3.47. The normalized spacial score (nSPS) is 18.4. The van der Waals surface area contributed by atoms with Gasteiger partial charge < -0.3 is 10.5 Å². The fourth-order valence-electron chi connectivity index (χ4n) is 5.18. The van der Waals surface area contributed by atoms with Crippen molar-refractivity contribution in [3.8, 4) is 28.3 Å². The second-order valence-electron chi connectivity index (χ2n) is 8.81. The first kappa shape index (κ1) is 20.6. The molecule has 172 valence electrons. The highest BCUT2D eigenvalue weighted by atomic mass is 19.1. The van der Waals surface area contributed by atoms with Crippen LogP contribution in [0.15, 0.2) is 36.7 Å². The van der Waals surface area contributed by atoms with Crippen LogP contribution in [0.5, 0.6) is 5.75 Å². The standard InChI is InChI=1S/C25H23FN6O2/c1-4-32-24-13-7-20(25(27)28-10-13)34-12(2)16-8-14(26)5-6-15(16)22-18(11-31(3)29-22)17-9-19(33)23(30-32)21(17)24/h5-8,10-12,17H,4,9H2,1-3H3,(H2,27,28)/t12-,17-/m1/s1. The summed E-state index contributed by atoms with van der Waals surface area (Å²) in [6.07, 6.45) is 3.38. The Balaban J connectivity index is 1.73. The number of ether oxygens (including phenoxy) is 1. The number of benzene rings is 1. The number of anilines is 1. The van der Waals surface area contributed by atoms with Crippen LogP contribution in [-0.2, 0) is 13.6 Å². The zero-order chi connectivity index (χ0) is 23.7. The van der Waals surface area contributed by atoms with Gasteiger partial charge in [-0.25, -0.2) is 9.37 Å². The molecule has 2 N–H and O–H groups in total. The van der Waals surface area contributed by atoms with E-state index in [1.165, 1.54) is 12.1 Å². The molecule has 0 fully saturated rings. The lowest BCUT2D eigenvalue weighted by Crippen LogP contribution is -2.11. The Morgan fingerprint density at radius 2 is 2.03 bits per heavy atom. The summed E-state index contributed by atoms with van der Waals surface area (Å²) in [6, 6.07) is 6.42. The van der Waals surface area contributed by atoms with Crippen molar-refractivity contribution in [3.63, 3.8) is 0 Å². The van der Waals surface area contributed by atoms with Gasteiger partial charge in [0.05, 0.1) is 11.4 Å². The van der Waals surface area contributed by atoms with Gasteiger partial charge in [0.2, 0.25) is 0 Å². The molecule has 2 bridgehead atoms. The van der Waals surface area contributed by atoms with Gasteiger partial charge in [0.1, 0.15) is 17.6 Å². The fraction of sp³-hybridized carbons (Fsp3) is 0.280. The lowest BCUT2D eigenvalue weighted by molar-refractivity contribution is 0.0985. The molecule has 6 rings (SSSR count). The number of pyridine rings is 1. The van der Waals surface area contributed by atoms with E-state index in [0.29, 0.717) is 35.7 Å². The van der Waals surface area contributed by atoms with Gasteiger partial charge in [0, 0.05) is 66.1 Å². The fourth-order valence-corrected chi connectivity index (χ4v) is 5.18. The molecule has 3 aromatic heterocycles. The molecule has 0 saturated carbocycles. The number of hydrogen-bond donors (Lipinski definition) is 1. The SMILES string of the molecule is CCn1nc2c3c1-c1cnc(N)c(c1)O[C@H](C)c1cc(F)ccc1-c1nn(C)cc1[C@H]3CC2=O. The van der Waals surface area contributed by atoms with Crippen molar-refractivity contribution >= 4 is 11.6 Å². The lowest BCUT2D eigenvalue weighted by Gasteiger charge is -2.22. The number of ketones is 1. The topological polar surface area (TPSA) is 101 Å². The summed E-state index contributed by atoms with van der Waals surface area (Å²) in [6.45, 7) is 4.41. The summed E-state index contributed by atoms with van der Waals surface area (Å²) < 4.78 is 24.2. The molecule has 0 unspecified atom stereocenters. The Morgan fingerprint density at radius 3 is 2.82 bits per heavy atom. The Morgan fingerprint density at radius 1 is 1.21 bits per heavy atom. The van der Waals surface area contributed by atoms with E-state index >= 15 is 0 Å². The van der Waals surface area contributed by atoms with E-state index < -0.39 is 6.10 Å². The molecule has 34 heavy (non-hydrogen) atoms. The summed E-state index contributed by atoms with van der Waals surface area (Å²) >= 11 is 0. The molecule has 1 aromatic carbocycles. The maximum atomic E-state index is 14.4. The Kier molecular flexibility index (Phi) is 4.39. The molecular weight excluding hydrogens is 435 g/mol. The maximum absolute atomic E-state index is 14.4. The molecule has 0 saturated heterocycles. The molecule has 4 aromatic rings. The number of nitrogens with zero attached hydrogens (tertiary/aromatic N) is 5. The van der Waals surface area contributed by atoms with E-state index in [9.17, 15) is 9.18 Å². The lowest BCUT2D eigenvalue weighted by atomic mass is 9.88. The first-order valence-electron chi connectivity index (χ1n) is 11.3. The third kappa shape index (κ3) is 2.89. The largest absolute Gasteiger partial charge is 0.482 e. The van der Waals surface area contributed by atoms with Gasteiger partial charge >= 0.3 is 0 Å². The highest BCUT2D eigenvalue weighted by Crippen LogP contribution is 2.48. The number of nitrogens with two attached hydrogens (primary N) is 1. The first-order chi connectivity index (χ1) is 16.4. The minimum Gasteiger partial charge on any atom is -0.482 e. The molecule has 1 aliphatic heterocycles. The number of nitrogen functional groups attached to an aromatic ring is 1. The third-order valence-corrected chi connectivity index (χ3v) is 6.69. The molecule has 0 radical (unpaired) electrons. The van der Waals surface area contributed by atoms with Crippen LogP contribution in [0.25, 0.3) is 22.5 Å². The Labute approximate surface area is 195 Å². The van der Waals surface area contributed by atoms with Crippen LogP contribution in [0.4, 0.5) is 10.2 Å². The van der Waals surface area contributed by atoms with Crippen molar-refractivity contribution < 1.29 is 13.9 Å². The summed E-state index contributed by atoms with van der Waals surface area (Å²) in [5.41, 5.74) is 12.1. The van der Waals surface area contributed by atoms with Crippen LogP contribution in [0, 0.1) is 5.82 Å². The molecule has 1 aliphatic carbocycles. The van der Waals surface area contributed by atoms with Gasteiger partial charge in [-0.1, -0.05) is 0 Å². The minimum atomic E-state index is -0.532. The number of aromatic nitrogens is 5. The average molecular weight is 458 g/mol. The number of aryl methyl sites for hydroxylation is 2. The molecule has 8 nitrogen and oxygen atoms in total. The second-order valence-corrected chi connectivity index (χ2v) is 8.81. The quantitative estimate of drug-likeness (QED) is 0.457. The van der Waals surface area contributed by atoms with Crippen LogP contribution in [0.1, 0.15) is 59.5 Å². The monoisotopic (exact) mass is 458 g/mol. The summed E-state index contributed by atoms with van der Waals surface area (Å²) in [5, 5.41) is 9.40. The smallest absolute Gasteiger partial charge is 0.184 e. The number of fused-ring (bicyclic) bond motifs is 7. The predicted octanol–water partition coefficient (Wildman–Crippen LogP) is 4.26. The third-order valence-electron chi connectivity index (χ3n) is 6.69. The van der Waals surface area contributed by atoms with E-state index in [0.717, 1.165) is 27.9 Å². The van der Waals surface area contributed by atoms with Crippen molar-refractivity contribution in [2.45, 2.75) is 38.8 Å². The summed E-state index contributed by atoms with van der Waals surface area (Å²) in [7, 11) is 1.84. The van der Waals surface area contributed by atoms with Gasteiger partial charge in [-0.05, 0) is 38.1 Å². The van der Waals surface area contributed by atoms with Crippen LogP contribution >= 0.6 is 0 Å². The van der Waals surface area contributed by atoms with Crippen molar-refractivity contribution in [1.82, 2.24) is 24.5 Å². The zero-order valence-electron chi connectivity index (χ0n) is 19.0. The molecular formula is C25H23FN6O2. The first-order valence-corrected chi connectivity index (χ1v) is 11.3. The highest BCUT2D eigenvalue weighted by Gasteiger charge is 2.40. The van der Waals surface area contributed by atoms with Crippen LogP contribution < -0.4 is 10.5 Å². The molecule has 2 aliphatic rings. The maximum Gasteiger partial charge on any atom is 0.184 e.